The van der Waals surface area contributed by atoms with Crippen LogP contribution in [0.4, 0.5) is 5.82 Å². The zero-order valence-corrected chi connectivity index (χ0v) is 12.4. The smallest absolute Gasteiger partial charge is 0.144 e. The van der Waals surface area contributed by atoms with Crippen LogP contribution in [0.25, 0.3) is 10.2 Å². The zero-order valence-electron chi connectivity index (χ0n) is 11.6. The maximum atomic E-state index is 10.3. The average Bonchev–Trinajstić information content (AvgIpc) is 3.02. The van der Waals surface area contributed by atoms with Crippen LogP contribution in [-0.4, -0.2) is 44.5 Å². The fourth-order valence-corrected chi connectivity index (χ4v) is 3.76. The average molecular weight is 310 g/mol. The van der Waals surface area contributed by atoms with Gasteiger partial charge in [-0.15, -0.1) is 11.3 Å². The molecule has 0 aliphatic carbocycles. The van der Waals surface area contributed by atoms with Crippen LogP contribution in [0.3, 0.4) is 0 Å². The monoisotopic (exact) mass is 310 g/mol. The van der Waals surface area contributed by atoms with Gasteiger partial charge < -0.3 is 26.4 Å². The maximum absolute atomic E-state index is 10.3. The number of aromatic nitrogens is 2. The number of fused-ring (bicyclic) bond motifs is 1. The summed E-state index contributed by atoms with van der Waals surface area (Å²) in [7, 11) is 0. The van der Waals surface area contributed by atoms with Crippen molar-refractivity contribution in [2.24, 2.45) is 5.73 Å². The number of nitrogen functional groups attached to an aromatic ring is 1. The highest BCUT2D eigenvalue weighted by Crippen LogP contribution is 2.44. The van der Waals surface area contributed by atoms with E-state index in [2.05, 4.69) is 9.97 Å². The molecule has 0 amide bonds. The van der Waals surface area contributed by atoms with Crippen molar-refractivity contribution < 1.29 is 14.9 Å². The summed E-state index contributed by atoms with van der Waals surface area (Å²) >= 11 is 1.42. The standard InChI is InChI=1S/C13H18N4O3S/c1-2-13(4-18)11(19)7(14)9(20-13)6-3-21-10-8(6)16-5-17-12(10)15/h3,5,7,9,11,18-19H,2,4,14H2,1H3,(H2,15,16,17)/t7-,9-,11-,13+/m0/s1. The second-order valence-corrected chi connectivity index (χ2v) is 6.14. The molecule has 1 saturated heterocycles. The molecule has 8 heteroatoms. The third kappa shape index (κ3) is 2.02. The Labute approximate surface area is 125 Å². The molecule has 6 N–H and O–H groups in total. The zero-order chi connectivity index (χ0) is 15.2. The maximum Gasteiger partial charge on any atom is 0.144 e. The Hall–Kier alpha value is -1.32. The van der Waals surface area contributed by atoms with Gasteiger partial charge in [0.15, 0.2) is 0 Å². The highest BCUT2D eigenvalue weighted by molar-refractivity contribution is 7.17. The molecular weight excluding hydrogens is 292 g/mol. The molecule has 1 fully saturated rings. The van der Waals surface area contributed by atoms with Gasteiger partial charge >= 0.3 is 0 Å². The van der Waals surface area contributed by atoms with Crippen LogP contribution in [0, 0.1) is 0 Å². The molecule has 114 valence electrons. The Balaban J connectivity index is 2.06. The SMILES string of the molecule is CC[C@]1(CO)O[C@@H](c2csc3c(N)ncnc23)[C@H](N)[C@@H]1O. The molecule has 1 aliphatic heterocycles. The largest absolute Gasteiger partial charge is 0.393 e. The molecular formula is C13H18N4O3S. The van der Waals surface area contributed by atoms with E-state index in [0.717, 1.165) is 10.3 Å². The number of thiophene rings is 1. The van der Waals surface area contributed by atoms with Crippen molar-refractivity contribution in [3.63, 3.8) is 0 Å². The Morgan fingerprint density at radius 1 is 1.48 bits per heavy atom. The first-order valence-electron chi connectivity index (χ1n) is 6.74. The number of anilines is 1. The number of nitrogens with zero attached hydrogens (tertiary/aromatic N) is 2. The van der Waals surface area contributed by atoms with E-state index >= 15 is 0 Å². The van der Waals surface area contributed by atoms with E-state index in [1.54, 1.807) is 0 Å². The van der Waals surface area contributed by atoms with Crippen LogP contribution in [-0.2, 0) is 4.74 Å². The van der Waals surface area contributed by atoms with Crippen molar-refractivity contribution in [1.29, 1.82) is 0 Å². The summed E-state index contributed by atoms with van der Waals surface area (Å²) in [6.07, 6.45) is 0.389. The van der Waals surface area contributed by atoms with E-state index in [1.165, 1.54) is 17.7 Å². The number of aliphatic hydroxyl groups excluding tert-OH is 2. The fourth-order valence-electron chi connectivity index (χ4n) is 2.81. The summed E-state index contributed by atoms with van der Waals surface area (Å²) in [5.41, 5.74) is 12.4. The molecule has 1 aliphatic rings. The summed E-state index contributed by atoms with van der Waals surface area (Å²) in [6.45, 7) is 1.56. The first kappa shape index (κ1) is 14.6. The summed E-state index contributed by atoms with van der Waals surface area (Å²) in [5.74, 6) is 0.410. The summed E-state index contributed by atoms with van der Waals surface area (Å²) in [6, 6.07) is -0.633. The Morgan fingerprint density at radius 3 is 2.86 bits per heavy atom. The van der Waals surface area contributed by atoms with Crippen molar-refractivity contribution in [2.45, 2.75) is 37.2 Å². The first-order chi connectivity index (χ1) is 10.0. The predicted molar refractivity (Wildman–Crippen MR) is 79.7 cm³/mol. The molecule has 0 saturated carbocycles. The third-order valence-corrected chi connectivity index (χ3v) is 5.21. The van der Waals surface area contributed by atoms with Gasteiger partial charge in [0, 0.05) is 5.56 Å². The van der Waals surface area contributed by atoms with Crippen molar-refractivity contribution in [3.05, 3.63) is 17.3 Å². The molecule has 3 rings (SSSR count). The van der Waals surface area contributed by atoms with Crippen LogP contribution in [0.5, 0.6) is 0 Å². The number of hydrogen-bond donors (Lipinski definition) is 4. The molecule has 0 aromatic carbocycles. The van der Waals surface area contributed by atoms with Crippen LogP contribution >= 0.6 is 11.3 Å². The van der Waals surface area contributed by atoms with Gasteiger partial charge in [0.05, 0.1) is 22.9 Å². The van der Waals surface area contributed by atoms with E-state index in [4.69, 9.17) is 16.2 Å². The predicted octanol–water partition coefficient (Wildman–Crippen LogP) is 0.174. The van der Waals surface area contributed by atoms with E-state index in [9.17, 15) is 10.2 Å². The Morgan fingerprint density at radius 2 is 2.24 bits per heavy atom. The van der Waals surface area contributed by atoms with Gasteiger partial charge in [-0.1, -0.05) is 6.92 Å². The van der Waals surface area contributed by atoms with Crippen molar-refractivity contribution in [2.75, 3.05) is 12.3 Å². The lowest BCUT2D eigenvalue weighted by Gasteiger charge is -2.28. The first-order valence-corrected chi connectivity index (χ1v) is 7.62. The third-order valence-electron chi connectivity index (χ3n) is 4.20. The summed E-state index contributed by atoms with van der Waals surface area (Å²) in [5, 5.41) is 21.8. The lowest BCUT2D eigenvalue weighted by atomic mass is 9.91. The Kier molecular flexibility index (Phi) is 3.58. The van der Waals surface area contributed by atoms with Crippen LogP contribution in [0.1, 0.15) is 25.0 Å². The van der Waals surface area contributed by atoms with Gasteiger partial charge in [0.2, 0.25) is 0 Å². The van der Waals surface area contributed by atoms with Crippen LogP contribution in [0.15, 0.2) is 11.7 Å². The number of nitrogens with two attached hydrogens (primary N) is 2. The molecule has 2 aromatic rings. The van der Waals surface area contributed by atoms with E-state index in [0.29, 0.717) is 17.8 Å². The molecule has 0 radical (unpaired) electrons. The molecule has 2 aromatic heterocycles. The van der Waals surface area contributed by atoms with Crippen molar-refractivity contribution in [3.8, 4) is 0 Å². The van der Waals surface area contributed by atoms with Gasteiger partial charge in [-0.25, -0.2) is 9.97 Å². The quantitative estimate of drug-likeness (QED) is 0.636. The topological polar surface area (TPSA) is 128 Å². The molecule has 0 bridgehead atoms. The second-order valence-electron chi connectivity index (χ2n) is 5.26. The van der Waals surface area contributed by atoms with Gasteiger partial charge in [0.25, 0.3) is 0 Å². The van der Waals surface area contributed by atoms with Crippen LogP contribution < -0.4 is 11.5 Å². The summed E-state index contributed by atoms with van der Waals surface area (Å²) < 4.78 is 6.72. The summed E-state index contributed by atoms with van der Waals surface area (Å²) in [4.78, 5) is 8.20. The molecule has 4 atom stereocenters. The van der Waals surface area contributed by atoms with E-state index in [-0.39, 0.29) is 6.61 Å². The lowest BCUT2D eigenvalue weighted by Crippen LogP contribution is -2.48. The van der Waals surface area contributed by atoms with E-state index in [1.807, 2.05) is 12.3 Å². The minimum absolute atomic E-state index is 0.284. The lowest BCUT2D eigenvalue weighted by molar-refractivity contribution is -0.113. The minimum atomic E-state index is -1.03. The number of hydrogen-bond acceptors (Lipinski definition) is 8. The normalized spacial score (nSPS) is 32.9. The van der Waals surface area contributed by atoms with Gasteiger partial charge in [0.1, 0.15) is 30.0 Å². The molecule has 3 heterocycles. The molecule has 0 unspecified atom stereocenters. The van der Waals surface area contributed by atoms with Crippen molar-refractivity contribution >= 4 is 27.4 Å². The minimum Gasteiger partial charge on any atom is -0.393 e. The highest BCUT2D eigenvalue weighted by Gasteiger charge is 2.52. The Bertz CT molecular complexity index is 658. The number of aliphatic hydroxyl groups is 2. The van der Waals surface area contributed by atoms with Crippen molar-refractivity contribution in [1.82, 2.24) is 9.97 Å². The van der Waals surface area contributed by atoms with Crippen LogP contribution in [0.2, 0.25) is 0 Å². The number of ether oxygens (including phenoxy) is 1. The fraction of sp³-hybridized carbons (Fsp3) is 0.538. The second kappa shape index (κ2) is 5.15. The number of rotatable bonds is 3. The van der Waals surface area contributed by atoms with E-state index < -0.39 is 23.9 Å². The van der Waals surface area contributed by atoms with Gasteiger partial charge in [-0.2, -0.15) is 0 Å². The molecule has 7 nitrogen and oxygen atoms in total. The molecule has 21 heavy (non-hydrogen) atoms. The van der Waals surface area contributed by atoms with Gasteiger partial charge in [-0.3, -0.25) is 0 Å². The molecule has 0 spiro atoms. The highest BCUT2D eigenvalue weighted by atomic mass is 32.1. The van der Waals surface area contributed by atoms with Gasteiger partial charge in [-0.05, 0) is 11.8 Å².